The number of carboxylic acid groups (broad SMARTS) is 1. The first-order valence-electron chi connectivity index (χ1n) is 5.47. The molecule has 7 heteroatoms. The van der Waals surface area contributed by atoms with Crippen molar-refractivity contribution < 1.29 is 19.4 Å². The number of benzene rings is 1. The van der Waals surface area contributed by atoms with E-state index < -0.39 is 17.8 Å². The third-order valence-corrected chi connectivity index (χ3v) is 2.81. The van der Waals surface area contributed by atoms with Gasteiger partial charge in [-0.3, -0.25) is 9.59 Å². The lowest BCUT2D eigenvalue weighted by Gasteiger charge is -2.10. The van der Waals surface area contributed by atoms with E-state index in [2.05, 4.69) is 5.32 Å². The number of halogens is 2. The van der Waals surface area contributed by atoms with Gasteiger partial charge in [-0.25, -0.2) is 0 Å². The smallest absolute Gasteiger partial charge is 0.308 e. The molecule has 0 aromatic heterocycles. The van der Waals surface area contributed by atoms with Crippen LogP contribution in [0.3, 0.4) is 0 Å². The average molecular weight is 306 g/mol. The van der Waals surface area contributed by atoms with Crippen molar-refractivity contribution in [2.75, 3.05) is 13.2 Å². The molecule has 0 heterocycles. The first-order valence-corrected chi connectivity index (χ1v) is 6.23. The molecule has 0 bridgehead atoms. The van der Waals surface area contributed by atoms with E-state index in [1.165, 1.54) is 13.0 Å². The van der Waals surface area contributed by atoms with Gasteiger partial charge in [-0.1, -0.05) is 30.1 Å². The van der Waals surface area contributed by atoms with Gasteiger partial charge in [0.1, 0.15) is 5.75 Å². The highest BCUT2D eigenvalue weighted by Crippen LogP contribution is 2.27. The van der Waals surface area contributed by atoms with Gasteiger partial charge in [0.2, 0.25) is 0 Å². The topological polar surface area (TPSA) is 75.6 Å². The lowest BCUT2D eigenvalue weighted by atomic mass is 10.2. The Hall–Kier alpha value is -1.46. The van der Waals surface area contributed by atoms with Crippen LogP contribution in [0.1, 0.15) is 6.92 Å². The van der Waals surface area contributed by atoms with Gasteiger partial charge in [-0.05, 0) is 18.2 Å². The highest BCUT2D eigenvalue weighted by molar-refractivity contribution is 6.35. The Morgan fingerprint density at radius 1 is 1.42 bits per heavy atom. The van der Waals surface area contributed by atoms with E-state index in [1.54, 1.807) is 12.1 Å². The summed E-state index contributed by atoms with van der Waals surface area (Å²) in [4.78, 5) is 22.0. The van der Waals surface area contributed by atoms with E-state index in [0.29, 0.717) is 15.8 Å². The molecule has 0 fully saturated rings. The SMILES string of the molecule is CC(CNC(=O)COc1ccc(Cl)cc1Cl)C(=O)O. The Morgan fingerprint density at radius 3 is 2.68 bits per heavy atom. The summed E-state index contributed by atoms with van der Waals surface area (Å²) >= 11 is 11.6. The molecule has 1 aromatic carbocycles. The Kier molecular flexibility index (Phi) is 5.92. The summed E-state index contributed by atoms with van der Waals surface area (Å²) in [5.41, 5.74) is 0. The lowest BCUT2D eigenvalue weighted by Crippen LogP contribution is -2.34. The first kappa shape index (κ1) is 15.6. The number of nitrogens with one attached hydrogen (secondary N) is 1. The third kappa shape index (κ3) is 5.36. The normalized spacial score (nSPS) is 11.7. The monoisotopic (exact) mass is 305 g/mol. The van der Waals surface area contributed by atoms with Gasteiger partial charge in [0.15, 0.2) is 6.61 Å². The van der Waals surface area contributed by atoms with Gasteiger partial charge >= 0.3 is 5.97 Å². The molecule has 0 aliphatic rings. The predicted molar refractivity (Wildman–Crippen MR) is 71.8 cm³/mol. The van der Waals surface area contributed by atoms with Crippen molar-refractivity contribution in [1.29, 1.82) is 0 Å². The minimum Gasteiger partial charge on any atom is -0.482 e. The Balaban J connectivity index is 2.40. The van der Waals surface area contributed by atoms with Crippen molar-refractivity contribution in [2.45, 2.75) is 6.92 Å². The molecule has 1 unspecified atom stereocenters. The third-order valence-electron chi connectivity index (χ3n) is 2.28. The van der Waals surface area contributed by atoms with E-state index in [-0.39, 0.29) is 13.2 Å². The maximum Gasteiger partial charge on any atom is 0.308 e. The van der Waals surface area contributed by atoms with Gasteiger partial charge < -0.3 is 15.2 Å². The first-order chi connectivity index (χ1) is 8.90. The molecule has 5 nitrogen and oxygen atoms in total. The molecule has 0 saturated carbocycles. The molecule has 1 rings (SSSR count). The van der Waals surface area contributed by atoms with Crippen LogP contribution in [0, 0.1) is 5.92 Å². The fourth-order valence-corrected chi connectivity index (χ4v) is 1.60. The number of rotatable bonds is 6. The van der Waals surface area contributed by atoms with Crippen LogP contribution in [0.2, 0.25) is 10.0 Å². The molecule has 0 spiro atoms. The molecular formula is C12H13Cl2NO4. The molecule has 2 N–H and O–H groups in total. The number of hydrogen-bond donors (Lipinski definition) is 2. The van der Waals surface area contributed by atoms with Crippen LogP contribution >= 0.6 is 23.2 Å². The summed E-state index contributed by atoms with van der Waals surface area (Å²) in [6, 6.07) is 4.65. The lowest BCUT2D eigenvalue weighted by molar-refractivity contribution is -0.141. The number of hydrogen-bond acceptors (Lipinski definition) is 3. The maximum atomic E-state index is 11.4. The second kappa shape index (κ2) is 7.21. The van der Waals surface area contributed by atoms with Crippen molar-refractivity contribution >= 4 is 35.1 Å². The van der Waals surface area contributed by atoms with Crippen molar-refractivity contribution in [3.8, 4) is 5.75 Å². The van der Waals surface area contributed by atoms with Crippen LogP contribution < -0.4 is 10.1 Å². The Bertz CT molecular complexity index is 479. The summed E-state index contributed by atoms with van der Waals surface area (Å²) in [6.07, 6.45) is 0. The van der Waals surface area contributed by atoms with Crippen LogP contribution in [-0.4, -0.2) is 30.1 Å². The average Bonchev–Trinajstić information content (AvgIpc) is 2.34. The summed E-state index contributed by atoms with van der Waals surface area (Å²) < 4.78 is 5.20. The minimum absolute atomic E-state index is 0.0475. The minimum atomic E-state index is -0.970. The predicted octanol–water partition coefficient (Wildman–Crippen LogP) is 2.21. The van der Waals surface area contributed by atoms with Gasteiger partial charge in [0, 0.05) is 11.6 Å². The standard InChI is InChI=1S/C12H13Cl2NO4/c1-7(12(17)18)5-15-11(16)6-19-10-3-2-8(13)4-9(10)14/h2-4,7H,5-6H2,1H3,(H,15,16)(H,17,18). The molecule has 19 heavy (non-hydrogen) atoms. The molecule has 0 aliphatic carbocycles. The number of carbonyl (C=O) groups is 2. The second-order valence-electron chi connectivity index (χ2n) is 3.91. The van der Waals surface area contributed by atoms with Gasteiger partial charge in [-0.2, -0.15) is 0 Å². The van der Waals surface area contributed by atoms with Crippen LogP contribution in [0.5, 0.6) is 5.75 Å². The molecular weight excluding hydrogens is 293 g/mol. The van der Waals surface area contributed by atoms with E-state index in [1.807, 2.05) is 0 Å². The zero-order chi connectivity index (χ0) is 14.4. The molecule has 1 amide bonds. The molecule has 1 aromatic rings. The van der Waals surface area contributed by atoms with E-state index in [9.17, 15) is 9.59 Å². The van der Waals surface area contributed by atoms with Crippen LogP contribution in [0.15, 0.2) is 18.2 Å². The fourth-order valence-electron chi connectivity index (χ4n) is 1.14. The summed E-state index contributed by atoms with van der Waals surface area (Å²) in [5.74, 6) is -1.70. The molecule has 0 radical (unpaired) electrons. The van der Waals surface area contributed by atoms with Gasteiger partial charge in [0.05, 0.1) is 10.9 Å². The highest BCUT2D eigenvalue weighted by Gasteiger charge is 2.12. The molecule has 0 saturated heterocycles. The molecule has 104 valence electrons. The van der Waals surface area contributed by atoms with Gasteiger partial charge in [-0.15, -0.1) is 0 Å². The van der Waals surface area contributed by atoms with Crippen LogP contribution in [0.25, 0.3) is 0 Å². The maximum absolute atomic E-state index is 11.4. The Labute approximate surface area is 120 Å². The zero-order valence-electron chi connectivity index (χ0n) is 10.2. The number of ether oxygens (including phenoxy) is 1. The highest BCUT2D eigenvalue weighted by atomic mass is 35.5. The van der Waals surface area contributed by atoms with Gasteiger partial charge in [0.25, 0.3) is 5.91 Å². The number of carboxylic acids is 1. The van der Waals surface area contributed by atoms with Crippen LogP contribution in [-0.2, 0) is 9.59 Å². The second-order valence-corrected chi connectivity index (χ2v) is 4.75. The van der Waals surface area contributed by atoms with E-state index in [4.69, 9.17) is 33.0 Å². The van der Waals surface area contributed by atoms with Crippen molar-refractivity contribution in [3.05, 3.63) is 28.2 Å². The summed E-state index contributed by atoms with van der Waals surface area (Å²) in [5, 5.41) is 11.9. The van der Waals surface area contributed by atoms with E-state index in [0.717, 1.165) is 0 Å². The largest absolute Gasteiger partial charge is 0.482 e. The fraction of sp³-hybridized carbons (Fsp3) is 0.333. The zero-order valence-corrected chi connectivity index (χ0v) is 11.7. The quantitative estimate of drug-likeness (QED) is 0.845. The van der Waals surface area contributed by atoms with Crippen molar-refractivity contribution in [3.63, 3.8) is 0 Å². The van der Waals surface area contributed by atoms with Crippen LogP contribution in [0.4, 0.5) is 0 Å². The summed E-state index contributed by atoms with van der Waals surface area (Å²) in [7, 11) is 0. The van der Waals surface area contributed by atoms with E-state index >= 15 is 0 Å². The Morgan fingerprint density at radius 2 is 2.11 bits per heavy atom. The number of aliphatic carboxylic acids is 1. The van der Waals surface area contributed by atoms with Crippen molar-refractivity contribution in [2.24, 2.45) is 5.92 Å². The van der Waals surface area contributed by atoms with Crippen molar-refractivity contribution in [1.82, 2.24) is 5.32 Å². The molecule has 1 atom stereocenters. The molecule has 0 aliphatic heterocycles. The number of carbonyl (C=O) groups excluding carboxylic acids is 1. The summed E-state index contributed by atoms with van der Waals surface area (Å²) in [6.45, 7) is 1.30. The number of amides is 1.